The van der Waals surface area contributed by atoms with Gasteiger partial charge in [-0.25, -0.2) is 0 Å². The number of halogens is 2. The van der Waals surface area contributed by atoms with Gasteiger partial charge >= 0.3 is 0 Å². The zero-order valence-electron chi connectivity index (χ0n) is 10.1. The number of hydrogen-bond acceptors (Lipinski definition) is 1. The maximum Gasteiger partial charge on any atom is 0.0743 e. The Balaban J connectivity index is 2.47. The van der Waals surface area contributed by atoms with Gasteiger partial charge in [0.05, 0.1) is 4.83 Å². The molecule has 0 amide bonds. The summed E-state index contributed by atoms with van der Waals surface area (Å²) in [5, 5.41) is 0.831. The van der Waals surface area contributed by atoms with Crippen molar-refractivity contribution in [1.29, 1.82) is 0 Å². The Morgan fingerprint density at radius 2 is 1.94 bits per heavy atom. The van der Waals surface area contributed by atoms with Crippen molar-refractivity contribution in [3.8, 4) is 0 Å². The van der Waals surface area contributed by atoms with Crippen molar-refractivity contribution >= 4 is 38.9 Å². The molecule has 2 rings (SSSR count). The molecule has 1 unspecified atom stereocenters. The largest absolute Gasteiger partial charge is 0.144 e. The van der Waals surface area contributed by atoms with Gasteiger partial charge in [0.25, 0.3) is 0 Å². The van der Waals surface area contributed by atoms with E-state index in [2.05, 4.69) is 48.8 Å². The van der Waals surface area contributed by atoms with Gasteiger partial charge in [0.2, 0.25) is 0 Å². The van der Waals surface area contributed by atoms with Crippen LogP contribution in [-0.2, 0) is 0 Å². The summed E-state index contributed by atoms with van der Waals surface area (Å²) in [5.41, 5.74) is 3.75. The highest BCUT2D eigenvalue weighted by Gasteiger charge is 2.17. The summed E-state index contributed by atoms with van der Waals surface area (Å²) in [7, 11) is 0. The third kappa shape index (κ3) is 2.59. The zero-order valence-corrected chi connectivity index (χ0v) is 13.2. The average Bonchev–Trinajstić information content (AvgIpc) is 2.61. The Labute approximate surface area is 120 Å². The van der Waals surface area contributed by atoms with Crippen molar-refractivity contribution in [2.75, 3.05) is 0 Å². The van der Waals surface area contributed by atoms with E-state index in [4.69, 9.17) is 11.6 Å². The van der Waals surface area contributed by atoms with Crippen LogP contribution in [0.15, 0.2) is 24.3 Å². The molecule has 90 valence electrons. The summed E-state index contributed by atoms with van der Waals surface area (Å²) in [6.45, 7) is 6.38. The summed E-state index contributed by atoms with van der Waals surface area (Å²) in [6, 6.07) is 8.31. The minimum atomic E-state index is 0.236. The molecule has 2 aromatic rings. The second kappa shape index (κ2) is 5.13. The highest BCUT2D eigenvalue weighted by molar-refractivity contribution is 9.09. The van der Waals surface area contributed by atoms with E-state index in [0.29, 0.717) is 0 Å². The molecule has 0 aliphatic heterocycles. The first-order chi connectivity index (χ1) is 8.00. The molecule has 0 spiro atoms. The molecule has 0 nitrogen and oxygen atoms in total. The molecule has 0 radical (unpaired) electrons. The van der Waals surface area contributed by atoms with Gasteiger partial charge in [0, 0.05) is 14.8 Å². The van der Waals surface area contributed by atoms with Gasteiger partial charge in [0.15, 0.2) is 0 Å². The first-order valence-corrected chi connectivity index (χ1v) is 7.57. The molecule has 0 aliphatic rings. The summed E-state index contributed by atoms with van der Waals surface area (Å²) >= 11 is 11.8. The van der Waals surface area contributed by atoms with Crippen LogP contribution >= 0.6 is 38.9 Å². The van der Waals surface area contributed by atoms with Crippen LogP contribution < -0.4 is 0 Å². The smallest absolute Gasteiger partial charge is 0.0743 e. The van der Waals surface area contributed by atoms with E-state index in [9.17, 15) is 0 Å². The number of benzene rings is 1. The predicted octanol–water partition coefficient (Wildman–Crippen LogP) is 5.81. The van der Waals surface area contributed by atoms with Crippen molar-refractivity contribution in [1.82, 2.24) is 0 Å². The third-order valence-corrected chi connectivity index (χ3v) is 5.77. The molecule has 1 atom stereocenters. The monoisotopic (exact) mass is 328 g/mol. The summed E-state index contributed by atoms with van der Waals surface area (Å²) < 4.78 is 0. The molecule has 0 bridgehead atoms. The minimum Gasteiger partial charge on any atom is -0.144 e. The topological polar surface area (TPSA) is 0 Å². The highest BCUT2D eigenvalue weighted by atomic mass is 79.9. The van der Waals surface area contributed by atoms with Crippen LogP contribution in [0.4, 0.5) is 0 Å². The van der Waals surface area contributed by atoms with Gasteiger partial charge in [-0.1, -0.05) is 39.7 Å². The standard InChI is InChI=1S/C14H14BrClS/c1-8-7-9(2)17-14(8)13(15)11-5-4-6-12(16)10(11)3/h4-7,13H,1-3H3. The molecule has 0 aliphatic carbocycles. The summed E-state index contributed by atoms with van der Waals surface area (Å²) in [6.07, 6.45) is 0. The second-order valence-corrected chi connectivity index (χ2v) is 6.83. The molecule has 1 aromatic heterocycles. The van der Waals surface area contributed by atoms with E-state index in [-0.39, 0.29) is 4.83 Å². The normalized spacial score (nSPS) is 12.8. The quantitative estimate of drug-likeness (QED) is 0.610. The number of rotatable bonds is 2. The first kappa shape index (κ1) is 13.1. The van der Waals surface area contributed by atoms with E-state index >= 15 is 0 Å². The molecule has 0 saturated heterocycles. The van der Waals surface area contributed by atoms with Gasteiger partial charge in [-0.05, 0) is 49.6 Å². The van der Waals surface area contributed by atoms with Crippen molar-refractivity contribution in [3.05, 3.63) is 55.7 Å². The lowest BCUT2D eigenvalue weighted by atomic mass is 10.0. The molecule has 3 heteroatoms. The highest BCUT2D eigenvalue weighted by Crippen LogP contribution is 2.40. The lowest BCUT2D eigenvalue weighted by Crippen LogP contribution is -1.95. The predicted molar refractivity (Wildman–Crippen MR) is 80.8 cm³/mol. The fourth-order valence-corrected chi connectivity index (χ4v) is 4.30. The van der Waals surface area contributed by atoms with Gasteiger partial charge in [-0.15, -0.1) is 11.3 Å². The number of alkyl halides is 1. The Morgan fingerprint density at radius 1 is 1.24 bits per heavy atom. The fourth-order valence-electron chi connectivity index (χ4n) is 1.95. The van der Waals surface area contributed by atoms with Crippen LogP contribution in [0.1, 0.15) is 31.3 Å². The van der Waals surface area contributed by atoms with E-state index < -0.39 is 0 Å². The minimum absolute atomic E-state index is 0.236. The van der Waals surface area contributed by atoms with Crippen molar-refractivity contribution < 1.29 is 0 Å². The number of thiophene rings is 1. The molecule has 0 fully saturated rings. The van der Waals surface area contributed by atoms with Crippen LogP contribution in [0.3, 0.4) is 0 Å². The molecule has 0 saturated carbocycles. The molecule has 1 heterocycles. The Bertz CT molecular complexity index is 545. The van der Waals surface area contributed by atoms with Crippen LogP contribution in [0.5, 0.6) is 0 Å². The average molecular weight is 330 g/mol. The van der Waals surface area contributed by atoms with Crippen LogP contribution in [0.25, 0.3) is 0 Å². The summed E-state index contributed by atoms with van der Waals surface area (Å²) in [4.78, 5) is 2.95. The van der Waals surface area contributed by atoms with E-state index in [0.717, 1.165) is 10.6 Å². The van der Waals surface area contributed by atoms with E-state index in [1.165, 1.54) is 20.9 Å². The molecule has 17 heavy (non-hydrogen) atoms. The van der Waals surface area contributed by atoms with Crippen LogP contribution in [0.2, 0.25) is 5.02 Å². The van der Waals surface area contributed by atoms with Gasteiger partial charge in [0.1, 0.15) is 0 Å². The molecular weight excluding hydrogens is 316 g/mol. The molecule has 0 N–H and O–H groups in total. The number of aryl methyl sites for hydroxylation is 2. The lowest BCUT2D eigenvalue weighted by Gasteiger charge is -2.13. The Kier molecular flexibility index (Phi) is 3.96. The Hall–Kier alpha value is -0.310. The van der Waals surface area contributed by atoms with E-state index in [1.807, 2.05) is 23.5 Å². The SMILES string of the molecule is Cc1cc(C)c(C(Br)c2cccc(Cl)c2C)s1. The molecular formula is C14H14BrClS. The second-order valence-electron chi connectivity index (χ2n) is 4.22. The zero-order chi connectivity index (χ0) is 12.6. The van der Waals surface area contributed by atoms with E-state index in [1.54, 1.807) is 0 Å². The Morgan fingerprint density at radius 3 is 2.53 bits per heavy atom. The van der Waals surface area contributed by atoms with Crippen molar-refractivity contribution in [2.24, 2.45) is 0 Å². The van der Waals surface area contributed by atoms with Gasteiger partial charge in [-0.3, -0.25) is 0 Å². The fraction of sp³-hybridized carbons (Fsp3) is 0.286. The first-order valence-electron chi connectivity index (χ1n) is 5.46. The number of hydrogen-bond donors (Lipinski definition) is 0. The van der Waals surface area contributed by atoms with Crippen molar-refractivity contribution in [3.63, 3.8) is 0 Å². The third-order valence-electron chi connectivity index (χ3n) is 2.89. The lowest BCUT2D eigenvalue weighted by molar-refractivity contribution is 1.16. The maximum atomic E-state index is 6.17. The van der Waals surface area contributed by atoms with Gasteiger partial charge < -0.3 is 0 Å². The van der Waals surface area contributed by atoms with Crippen LogP contribution in [-0.4, -0.2) is 0 Å². The summed E-state index contributed by atoms with van der Waals surface area (Å²) in [5.74, 6) is 0. The molecule has 1 aromatic carbocycles. The van der Waals surface area contributed by atoms with Gasteiger partial charge in [-0.2, -0.15) is 0 Å². The van der Waals surface area contributed by atoms with Crippen molar-refractivity contribution in [2.45, 2.75) is 25.6 Å². The van der Waals surface area contributed by atoms with Crippen LogP contribution in [0, 0.1) is 20.8 Å². The maximum absolute atomic E-state index is 6.17.